The van der Waals surface area contributed by atoms with Gasteiger partial charge in [-0.3, -0.25) is 4.79 Å². The number of hydrogen-bond donors (Lipinski definition) is 2. The summed E-state index contributed by atoms with van der Waals surface area (Å²) in [5.41, 5.74) is 0.389. The lowest BCUT2D eigenvalue weighted by Gasteiger charge is -2.12. The van der Waals surface area contributed by atoms with Crippen LogP contribution in [0, 0.1) is 5.82 Å². The summed E-state index contributed by atoms with van der Waals surface area (Å²) in [4.78, 5) is 11.9. The molecule has 0 saturated carbocycles. The molecule has 1 atom stereocenters. The molecule has 0 aliphatic heterocycles. The minimum absolute atomic E-state index is 0.0418. The molecular formula is C12H16FNO2S. The fraction of sp³-hybridized carbons (Fsp3) is 0.417. The monoisotopic (exact) mass is 257 g/mol. The van der Waals surface area contributed by atoms with Gasteiger partial charge in [0.15, 0.2) is 0 Å². The molecule has 0 fully saturated rings. The third-order valence-corrected chi connectivity index (χ3v) is 2.55. The second kappa shape index (κ2) is 6.61. The summed E-state index contributed by atoms with van der Waals surface area (Å²) in [5, 5.41) is 2.71. The normalized spacial score (nSPS) is 12.2. The van der Waals surface area contributed by atoms with Crippen molar-refractivity contribution >= 4 is 18.5 Å². The van der Waals surface area contributed by atoms with Gasteiger partial charge in [-0.05, 0) is 32.0 Å². The Kier molecular flexibility index (Phi) is 5.44. The van der Waals surface area contributed by atoms with Gasteiger partial charge < -0.3 is 10.1 Å². The summed E-state index contributed by atoms with van der Waals surface area (Å²) in [7, 11) is 0. The van der Waals surface area contributed by atoms with Crippen molar-refractivity contribution in [3.05, 3.63) is 29.6 Å². The molecule has 3 nitrogen and oxygen atoms in total. The van der Waals surface area contributed by atoms with E-state index in [2.05, 4.69) is 17.9 Å². The highest BCUT2D eigenvalue weighted by molar-refractivity contribution is 7.80. The number of hydrogen-bond acceptors (Lipinski definition) is 3. The van der Waals surface area contributed by atoms with Crippen LogP contribution in [0.4, 0.5) is 4.39 Å². The Morgan fingerprint density at radius 2 is 2.29 bits per heavy atom. The van der Waals surface area contributed by atoms with Gasteiger partial charge in [0.25, 0.3) is 5.91 Å². The molecule has 1 aromatic rings. The maximum atomic E-state index is 12.9. The molecule has 0 heterocycles. The summed E-state index contributed by atoms with van der Waals surface area (Å²) in [6.07, 6.45) is -0.0418. The number of thiol groups is 1. The lowest BCUT2D eigenvalue weighted by Crippen LogP contribution is -2.32. The number of rotatable bonds is 5. The minimum atomic E-state index is -0.437. The minimum Gasteiger partial charge on any atom is -0.377 e. The zero-order valence-electron chi connectivity index (χ0n) is 9.87. The van der Waals surface area contributed by atoms with Gasteiger partial charge in [-0.15, -0.1) is 12.6 Å². The fourth-order valence-electron chi connectivity index (χ4n) is 1.34. The largest absolute Gasteiger partial charge is 0.377 e. The first kappa shape index (κ1) is 14.0. The molecule has 17 heavy (non-hydrogen) atoms. The second-order valence-corrected chi connectivity index (χ2v) is 4.12. The van der Waals surface area contributed by atoms with Gasteiger partial charge in [-0.2, -0.15) is 0 Å². The zero-order valence-corrected chi connectivity index (χ0v) is 10.8. The first-order chi connectivity index (χ1) is 8.04. The second-order valence-electron chi connectivity index (χ2n) is 3.64. The van der Waals surface area contributed by atoms with Gasteiger partial charge in [-0.25, -0.2) is 4.39 Å². The molecular weight excluding hydrogens is 241 g/mol. The van der Waals surface area contributed by atoms with E-state index in [1.54, 1.807) is 0 Å². The molecule has 0 spiro atoms. The summed E-state index contributed by atoms with van der Waals surface area (Å²) in [6.45, 7) is 4.80. The van der Waals surface area contributed by atoms with Crippen molar-refractivity contribution in [1.29, 1.82) is 0 Å². The summed E-state index contributed by atoms with van der Waals surface area (Å²) < 4.78 is 18.2. The van der Waals surface area contributed by atoms with E-state index < -0.39 is 5.82 Å². The van der Waals surface area contributed by atoms with Crippen molar-refractivity contribution in [2.45, 2.75) is 24.8 Å². The molecule has 1 aromatic carbocycles. The van der Waals surface area contributed by atoms with Crippen LogP contribution >= 0.6 is 12.6 Å². The van der Waals surface area contributed by atoms with Crippen molar-refractivity contribution in [3.63, 3.8) is 0 Å². The Bertz CT molecular complexity index is 398. The van der Waals surface area contributed by atoms with Crippen LogP contribution in [0.2, 0.25) is 0 Å². The number of carbonyl (C=O) groups is 1. The van der Waals surface area contributed by atoms with Gasteiger partial charge >= 0.3 is 0 Å². The quantitative estimate of drug-likeness (QED) is 0.794. The van der Waals surface area contributed by atoms with E-state index in [-0.39, 0.29) is 16.9 Å². The van der Waals surface area contributed by atoms with Gasteiger partial charge in [0.1, 0.15) is 5.82 Å². The number of nitrogens with one attached hydrogen (secondary N) is 1. The molecule has 0 aliphatic carbocycles. The maximum Gasteiger partial charge on any atom is 0.251 e. The molecule has 0 aliphatic rings. The fourth-order valence-corrected chi connectivity index (χ4v) is 1.55. The predicted molar refractivity (Wildman–Crippen MR) is 67.1 cm³/mol. The number of ether oxygens (including phenoxy) is 1. The Labute approximate surface area is 106 Å². The molecule has 0 radical (unpaired) electrons. The molecule has 1 N–H and O–H groups in total. The molecule has 94 valence electrons. The van der Waals surface area contributed by atoms with Crippen LogP contribution in [0.25, 0.3) is 0 Å². The third-order valence-electron chi connectivity index (χ3n) is 2.21. The van der Waals surface area contributed by atoms with Gasteiger partial charge in [0, 0.05) is 23.6 Å². The number of benzene rings is 1. The Hall–Kier alpha value is -1.07. The topological polar surface area (TPSA) is 38.3 Å². The van der Waals surface area contributed by atoms with Gasteiger partial charge in [0.2, 0.25) is 0 Å². The van der Waals surface area contributed by atoms with E-state index in [1.807, 2.05) is 13.8 Å². The zero-order chi connectivity index (χ0) is 12.8. The average Bonchev–Trinajstić information content (AvgIpc) is 2.30. The molecule has 0 aromatic heterocycles. The molecule has 1 unspecified atom stereocenters. The highest BCUT2D eigenvalue weighted by Gasteiger charge is 2.09. The van der Waals surface area contributed by atoms with E-state index in [0.29, 0.717) is 18.7 Å². The molecule has 5 heteroatoms. The molecule has 1 amide bonds. The molecule has 0 saturated heterocycles. The number of carbonyl (C=O) groups excluding carboxylic acids is 1. The van der Waals surface area contributed by atoms with Crippen molar-refractivity contribution in [2.24, 2.45) is 0 Å². The maximum absolute atomic E-state index is 12.9. The first-order valence-electron chi connectivity index (χ1n) is 5.43. The predicted octanol–water partition coefficient (Wildman–Crippen LogP) is 2.27. The van der Waals surface area contributed by atoms with Crippen LogP contribution in [0.15, 0.2) is 23.1 Å². The van der Waals surface area contributed by atoms with Crippen LogP contribution in [-0.2, 0) is 4.74 Å². The van der Waals surface area contributed by atoms with Crippen molar-refractivity contribution in [2.75, 3.05) is 13.2 Å². The van der Waals surface area contributed by atoms with Crippen molar-refractivity contribution in [3.8, 4) is 0 Å². The summed E-state index contributed by atoms with van der Waals surface area (Å²) >= 11 is 3.92. The lowest BCUT2D eigenvalue weighted by molar-refractivity contribution is 0.0695. The average molecular weight is 257 g/mol. The van der Waals surface area contributed by atoms with Crippen molar-refractivity contribution < 1.29 is 13.9 Å². The number of amides is 1. The lowest BCUT2D eigenvalue weighted by atomic mass is 10.2. The summed E-state index contributed by atoms with van der Waals surface area (Å²) in [6, 6.07) is 4.05. The SMILES string of the molecule is CCOC(C)CNC(=O)c1ccc(F)c(S)c1. The van der Waals surface area contributed by atoms with Crippen LogP contribution in [-0.4, -0.2) is 25.2 Å². The van der Waals surface area contributed by atoms with E-state index in [4.69, 9.17) is 4.74 Å². The molecule has 0 bridgehead atoms. The van der Waals surface area contributed by atoms with Crippen LogP contribution < -0.4 is 5.32 Å². The third kappa shape index (κ3) is 4.36. The number of halogens is 1. The Morgan fingerprint density at radius 3 is 2.88 bits per heavy atom. The van der Waals surface area contributed by atoms with Crippen LogP contribution in [0.1, 0.15) is 24.2 Å². The molecule has 1 rings (SSSR count). The van der Waals surface area contributed by atoms with Crippen LogP contribution in [0.3, 0.4) is 0 Å². The smallest absolute Gasteiger partial charge is 0.251 e. The van der Waals surface area contributed by atoms with E-state index in [0.717, 1.165) is 0 Å². The van der Waals surface area contributed by atoms with E-state index >= 15 is 0 Å². The Balaban J connectivity index is 2.55. The standard InChI is InChI=1S/C12H16FNO2S/c1-3-16-8(2)7-14-12(15)9-4-5-10(13)11(17)6-9/h4-6,8,17H,3,7H2,1-2H3,(H,14,15). The van der Waals surface area contributed by atoms with Gasteiger partial charge in [-0.1, -0.05) is 0 Å². The first-order valence-corrected chi connectivity index (χ1v) is 5.87. The van der Waals surface area contributed by atoms with Crippen molar-refractivity contribution in [1.82, 2.24) is 5.32 Å². The summed E-state index contributed by atoms with van der Waals surface area (Å²) in [5.74, 6) is -0.695. The highest BCUT2D eigenvalue weighted by Crippen LogP contribution is 2.14. The highest BCUT2D eigenvalue weighted by atomic mass is 32.1. The Morgan fingerprint density at radius 1 is 1.59 bits per heavy atom. The van der Waals surface area contributed by atoms with E-state index in [9.17, 15) is 9.18 Å². The van der Waals surface area contributed by atoms with E-state index in [1.165, 1.54) is 18.2 Å². The van der Waals surface area contributed by atoms with Gasteiger partial charge in [0.05, 0.1) is 6.10 Å². The van der Waals surface area contributed by atoms with Crippen LogP contribution in [0.5, 0.6) is 0 Å².